The molecule has 7 heteroatoms. The lowest BCUT2D eigenvalue weighted by molar-refractivity contribution is -0.140. The van der Waals surface area contributed by atoms with E-state index in [0.29, 0.717) is 0 Å². The number of carbonyl (C=O) groups excluding carboxylic acids is 2. The first-order valence-electron chi connectivity index (χ1n) is 6.29. The summed E-state index contributed by atoms with van der Waals surface area (Å²) >= 11 is 0. The van der Waals surface area contributed by atoms with Crippen LogP contribution >= 0.6 is 0 Å². The molecule has 4 N–H and O–H groups in total. The summed E-state index contributed by atoms with van der Waals surface area (Å²) in [5.41, 5.74) is 4.26. The fourth-order valence-electron chi connectivity index (χ4n) is 2.57. The van der Waals surface area contributed by atoms with Crippen LogP contribution in [-0.2, 0) is 9.59 Å². The van der Waals surface area contributed by atoms with Gasteiger partial charge in [0.1, 0.15) is 5.82 Å². The molecule has 2 atom stereocenters. The molecule has 1 fully saturated rings. The summed E-state index contributed by atoms with van der Waals surface area (Å²) in [6.45, 7) is 3.32. The number of nitrogens with one attached hydrogen (secondary N) is 1. The molecule has 1 aromatic carbocycles. The first kappa shape index (κ1) is 15.0. The second-order valence-electron chi connectivity index (χ2n) is 5.66. The van der Waals surface area contributed by atoms with Gasteiger partial charge >= 0.3 is 5.97 Å². The molecule has 1 aliphatic rings. The second kappa shape index (κ2) is 4.83. The predicted molar refractivity (Wildman–Crippen MR) is 71.9 cm³/mol. The molecule has 0 aromatic heterocycles. The Morgan fingerprint density at radius 3 is 2.38 bits per heavy atom. The lowest BCUT2D eigenvalue weighted by Gasteiger charge is -2.08. The van der Waals surface area contributed by atoms with Crippen molar-refractivity contribution in [3.8, 4) is 0 Å². The topological polar surface area (TPSA) is 109 Å². The number of nitrogens with two attached hydrogens (primary N) is 1. The summed E-state index contributed by atoms with van der Waals surface area (Å²) in [6.07, 6.45) is 0. The standard InChI is InChI=1S/C14H15FN2O4/c1-14(2)9(10(14)13(20)21)12(19)17-8-5-6(11(16)18)3-4-7(8)15/h3-5,9-10H,1-2H3,(H2,16,18)(H,17,19)(H,20,21). The van der Waals surface area contributed by atoms with Crippen LogP contribution in [0.3, 0.4) is 0 Å². The third kappa shape index (κ3) is 2.58. The van der Waals surface area contributed by atoms with Crippen LogP contribution in [0.5, 0.6) is 0 Å². The Hall–Kier alpha value is -2.44. The molecule has 112 valence electrons. The third-order valence-electron chi connectivity index (χ3n) is 3.88. The minimum Gasteiger partial charge on any atom is -0.481 e. The number of benzene rings is 1. The first-order chi connectivity index (χ1) is 9.66. The van der Waals surface area contributed by atoms with Crippen molar-refractivity contribution in [3.63, 3.8) is 0 Å². The van der Waals surface area contributed by atoms with Crippen molar-refractivity contribution in [2.75, 3.05) is 5.32 Å². The number of carboxylic acids is 1. The van der Waals surface area contributed by atoms with E-state index in [1.54, 1.807) is 13.8 Å². The molecule has 2 unspecified atom stereocenters. The van der Waals surface area contributed by atoms with Gasteiger partial charge in [0.25, 0.3) is 0 Å². The van der Waals surface area contributed by atoms with Gasteiger partial charge in [-0.05, 0) is 23.6 Å². The summed E-state index contributed by atoms with van der Waals surface area (Å²) in [5, 5.41) is 11.4. The molecule has 0 saturated heterocycles. The molecule has 2 rings (SSSR count). The van der Waals surface area contributed by atoms with Crippen LogP contribution in [0.1, 0.15) is 24.2 Å². The molecule has 1 aromatic rings. The van der Waals surface area contributed by atoms with E-state index in [2.05, 4.69) is 5.32 Å². The van der Waals surface area contributed by atoms with E-state index in [-0.39, 0.29) is 11.3 Å². The van der Waals surface area contributed by atoms with Crippen molar-refractivity contribution in [1.29, 1.82) is 0 Å². The molecule has 0 radical (unpaired) electrons. The van der Waals surface area contributed by atoms with Gasteiger partial charge in [-0.2, -0.15) is 0 Å². The molecule has 2 amide bonds. The summed E-state index contributed by atoms with van der Waals surface area (Å²) in [5.74, 6) is -4.68. The molecule has 21 heavy (non-hydrogen) atoms. The highest BCUT2D eigenvalue weighted by atomic mass is 19.1. The lowest BCUT2D eigenvalue weighted by Crippen LogP contribution is -2.19. The Bertz CT molecular complexity index is 642. The van der Waals surface area contributed by atoms with Gasteiger partial charge in [-0.1, -0.05) is 13.8 Å². The molecule has 0 spiro atoms. The molecular weight excluding hydrogens is 279 g/mol. The van der Waals surface area contributed by atoms with Gasteiger partial charge in [0.05, 0.1) is 17.5 Å². The number of carboxylic acid groups (broad SMARTS) is 1. The van der Waals surface area contributed by atoms with Crippen molar-refractivity contribution in [2.24, 2.45) is 23.0 Å². The summed E-state index contributed by atoms with van der Waals surface area (Å²) in [7, 11) is 0. The van der Waals surface area contributed by atoms with Crippen LogP contribution in [-0.4, -0.2) is 22.9 Å². The number of anilines is 1. The van der Waals surface area contributed by atoms with Crippen molar-refractivity contribution in [3.05, 3.63) is 29.6 Å². The Labute approximate surface area is 120 Å². The van der Waals surface area contributed by atoms with E-state index in [1.165, 1.54) is 6.07 Å². The average Bonchev–Trinajstić information content (AvgIpc) is 2.95. The van der Waals surface area contributed by atoms with Crippen LogP contribution in [0.15, 0.2) is 18.2 Å². The SMILES string of the molecule is CC1(C)C(C(=O)O)C1C(=O)Nc1cc(C(N)=O)ccc1F. The zero-order chi connectivity index (χ0) is 15.9. The second-order valence-corrected chi connectivity index (χ2v) is 5.66. The summed E-state index contributed by atoms with van der Waals surface area (Å²) in [4.78, 5) is 34.2. The van der Waals surface area contributed by atoms with E-state index < -0.39 is 40.9 Å². The van der Waals surface area contributed by atoms with Crippen molar-refractivity contribution in [2.45, 2.75) is 13.8 Å². The monoisotopic (exact) mass is 294 g/mol. The van der Waals surface area contributed by atoms with Crippen molar-refractivity contribution < 1.29 is 23.9 Å². The zero-order valence-electron chi connectivity index (χ0n) is 11.5. The molecule has 0 bridgehead atoms. The number of rotatable bonds is 4. The number of aliphatic carboxylic acids is 1. The fraction of sp³-hybridized carbons (Fsp3) is 0.357. The van der Waals surface area contributed by atoms with Crippen LogP contribution in [0.25, 0.3) is 0 Å². The highest BCUT2D eigenvalue weighted by molar-refractivity contribution is 6.01. The van der Waals surface area contributed by atoms with Gasteiger partial charge in [-0.25, -0.2) is 4.39 Å². The lowest BCUT2D eigenvalue weighted by atomic mass is 10.1. The van der Waals surface area contributed by atoms with E-state index in [9.17, 15) is 18.8 Å². The third-order valence-corrected chi connectivity index (χ3v) is 3.88. The molecule has 1 aliphatic carbocycles. The summed E-state index contributed by atoms with van der Waals surface area (Å²) in [6, 6.07) is 3.34. The van der Waals surface area contributed by atoms with E-state index in [4.69, 9.17) is 10.8 Å². The van der Waals surface area contributed by atoms with E-state index in [0.717, 1.165) is 12.1 Å². The van der Waals surface area contributed by atoms with Gasteiger partial charge in [0.15, 0.2) is 0 Å². The fourth-order valence-corrected chi connectivity index (χ4v) is 2.57. The molecular formula is C14H15FN2O4. The Morgan fingerprint density at radius 2 is 1.90 bits per heavy atom. The van der Waals surface area contributed by atoms with Gasteiger partial charge in [0.2, 0.25) is 11.8 Å². The zero-order valence-corrected chi connectivity index (χ0v) is 11.5. The van der Waals surface area contributed by atoms with Gasteiger partial charge < -0.3 is 16.2 Å². The molecule has 0 heterocycles. The minimum absolute atomic E-state index is 0.0524. The predicted octanol–water partition coefficient (Wildman–Crippen LogP) is 1.22. The quantitative estimate of drug-likeness (QED) is 0.775. The number of hydrogen-bond donors (Lipinski definition) is 3. The van der Waals surface area contributed by atoms with E-state index in [1.807, 2.05) is 0 Å². The van der Waals surface area contributed by atoms with Gasteiger partial charge in [-0.15, -0.1) is 0 Å². The van der Waals surface area contributed by atoms with Crippen LogP contribution in [0, 0.1) is 23.1 Å². The Morgan fingerprint density at radius 1 is 1.29 bits per heavy atom. The van der Waals surface area contributed by atoms with Crippen LogP contribution < -0.4 is 11.1 Å². The maximum atomic E-state index is 13.6. The van der Waals surface area contributed by atoms with Crippen LogP contribution in [0.4, 0.5) is 10.1 Å². The van der Waals surface area contributed by atoms with Gasteiger partial charge in [0, 0.05) is 5.56 Å². The summed E-state index contributed by atoms with van der Waals surface area (Å²) < 4.78 is 13.6. The molecule has 1 saturated carbocycles. The van der Waals surface area contributed by atoms with Crippen LogP contribution in [0.2, 0.25) is 0 Å². The average molecular weight is 294 g/mol. The molecule has 6 nitrogen and oxygen atoms in total. The molecule has 0 aliphatic heterocycles. The minimum atomic E-state index is -1.06. The number of carbonyl (C=O) groups is 3. The highest BCUT2D eigenvalue weighted by Crippen LogP contribution is 2.58. The number of amides is 2. The van der Waals surface area contributed by atoms with E-state index >= 15 is 0 Å². The van der Waals surface area contributed by atoms with Crippen molar-refractivity contribution >= 4 is 23.5 Å². The Kier molecular flexibility index (Phi) is 3.44. The maximum Gasteiger partial charge on any atom is 0.307 e. The number of primary amides is 1. The Balaban J connectivity index is 2.20. The maximum absolute atomic E-state index is 13.6. The number of halogens is 1. The first-order valence-corrected chi connectivity index (χ1v) is 6.29. The smallest absolute Gasteiger partial charge is 0.307 e. The highest BCUT2D eigenvalue weighted by Gasteiger charge is 2.65. The largest absolute Gasteiger partial charge is 0.481 e. The van der Waals surface area contributed by atoms with Gasteiger partial charge in [-0.3, -0.25) is 14.4 Å². The normalized spacial score (nSPS) is 22.4. The van der Waals surface area contributed by atoms with Crippen molar-refractivity contribution in [1.82, 2.24) is 0 Å². The number of hydrogen-bond acceptors (Lipinski definition) is 3.